The number of rotatable bonds is 7. The van der Waals surface area contributed by atoms with E-state index in [2.05, 4.69) is 51.5 Å². The van der Waals surface area contributed by atoms with Gasteiger partial charge in [0.1, 0.15) is 5.82 Å². The average Bonchev–Trinajstić information content (AvgIpc) is 2.91. The zero-order chi connectivity index (χ0) is 18.4. The van der Waals surface area contributed by atoms with Crippen molar-refractivity contribution < 1.29 is 9.59 Å². The summed E-state index contributed by atoms with van der Waals surface area (Å²) in [5.74, 6) is 1.30. The first-order chi connectivity index (χ1) is 11.7. The Bertz CT molecular complexity index is 598. The Morgan fingerprint density at radius 2 is 2.20 bits per heavy atom. The summed E-state index contributed by atoms with van der Waals surface area (Å²) in [6, 6.07) is -0.392. The van der Waals surface area contributed by atoms with Crippen molar-refractivity contribution in [2.24, 2.45) is 5.41 Å². The summed E-state index contributed by atoms with van der Waals surface area (Å²) >= 11 is 1.48. The molecule has 0 saturated carbocycles. The SMILES string of the molecule is Cc1nc(SCCNC(=O)CC2C(=O)NCCN2CC(C)(C)C)n[nH]1. The van der Waals surface area contributed by atoms with Crippen LogP contribution < -0.4 is 10.6 Å². The molecule has 0 radical (unpaired) electrons. The van der Waals surface area contributed by atoms with Gasteiger partial charge in [0.2, 0.25) is 17.0 Å². The van der Waals surface area contributed by atoms with E-state index in [4.69, 9.17) is 0 Å². The third kappa shape index (κ3) is 6.66. The molecule has 2 heterocycles. The standard InChI is InChI=1S/C16H28N6O2S/c1-11-19-15(21-20-11)25-8-6-17-13(23)9-12-14(24)18-5-7-22(12)10-16(2,3)4/h12H,5-10H2,1-4H3,(H,17,23)(H,18,24)(H,19,20,21). The number of aromatic nitrogens is 3. The summed E-state index contributed by atoms with van der Waals surface area (Å²) < 4.78 is 0. The van der Waals surface area contributed by atoms with Crippen molar-refractivity contribution in [1.82, 2.24) is 30.7 Å². The lowest BCUT2D eigenvalue weighted by molar-refractivity contribution is -0.134. The molecule has 140 valence electrons. The molecule has 1 atom stereocenters. The van der Waals surface area contributed by atoms with Crippen LogP contribution in [0.4, 0.5) is 0 Å². The Morgan fingerprint density at radius 1 is 1.44 bits per heavy atom. The van der Waals surface area contributed by atoms with E-state index in [-0.39, 0.29) is 23.7 Å². The molecule has 1 aliphatic heterocycles. The molecule has 2 rings (SSSR count). The first kappa shape index (κ1) is 19.7. The number of aromatic amines is 1. The molecule has 3 N–H and O–H groups in total. The number of hydrogen-bond donors (Lipinski definition) is 3. The third-order valence-electron chi connectivity index (χ3n) is 3.73. The monoisotopic (exact) mass is 368 g/mol. The highest BCUT2D eigenvalue weighted by molar-refractivity contribution is 7.99. The lowest BCUT2D eigenvalue weighted by atomic mass is 9.94. The van der Waals surface area contributed by atoms with E-state index in [1.54, 1.807) is 0 Å². The van der Waals surface area contributed by atoms with Gasteiger partial charge in [0.15, 0.2) is 0 Å². The second-order valence-electron chi connectivity index (χ2n) is 7.44. The summed E-state index contributed by atoms with van der Waals surface area (Å²) in [5, 5.41) is 13.2. The predicted molar refractivity (Wildman–Crippen MR) is 97.3 cm³/mol. The number of thioether (sulfide) groups is 1. The maximum absolute atomic E-state index is 12.2. The number of aryl methyl sites for hydroxylation is 1. The van der Waals surface area contributed by atoms with Gasteiger partial charge in [-0.15, -0.1) is 5.10 Å². The smallest absolute Gasteiger partial charge is 0.237 e. The Labute approximate surface area is 152 Å². The van der Waals surface area contributed by atoms with Gasteiger partial charge in [-0.2, -0.15) is 0 Å². The zero-order valence-corrected chi connectivity index (χ0v) is 16.2. The van der Waals surface area contributed by atoms with Crippen LogP contribution in [0.2, 0.25) is 0 Å². The number of nitrogens with zero attached hydrogens (tertiary/aromatic N) is 3. The molecule has 2 amide bonds. The maximum Gasteiger partial charge on any atom is 0.237 e. The van der Waals surface area contributed by atoms with Gasteiger partial charge in [0.05, 0.1) is 12.5 Å². The molecule has 0 bridgehead atoms. The highest BCUT2D eigenvalue weighted by Crippen LogP contribution is 2.19. The van der Waals surface area contributed by atoms with Crippen molar-refractivity contribution in [2.45, 2.75) is 45.3 Å². The Morgan fingerprint density at radius 3 is 2.84 bits per heavy atom. The van der Waals surface area contributed by atoms with Crippen molar-refractivity contribution in [1.29, 1.82) is 0 Å². The highest BCUT2D eigenvalue weighted by atomic mass is 32.2. The third-order valence-corrected chi connectivity index (χ3v) is 4.58. The molecule has 1 saturated heterocycles. The van der Waals surface area contributed by atoms with Gasteiger partial charge in [-0.3, -0.25) is 19.6 Å². The van der Waals surface area contributed by atoms with Crippen molar-refractivity contribution in [3.63, 3.8) is 0 Å². The van der Waals surface area contributed by atoms with Gasteiger partial charge in [0, 0.05) is 31.9 Å². The topological polar surface area (TPSA) is 103 Å². The van der Waals surface area contributed by atoms with Crippen LogP contribution >= 0.6 is 11.8 Å². The number of piperazine rings is 1. The van der Waals surface area contributed by atoms with E-state index >= 15 is 0 Å². The van der Waals surface area contributed by atoms with Crippen LogP contribution in [-0.4, -0.2) is 69.9 Å². The molecule has 1 aromatic rings. The molecule has 0 spiro atoms. The van der Waals surface area contributed by atoms with Crippen LogP contribution in [0.3, 0.4) is 0 Å². The van der Waals surface area contributed by atoms with E-state index in [0.717, 1.165) is 18.9 Å². The fourth-order valence-corrected chi connectivity index (χ4v) is 3.45. The van der Waals surface area contributed by atoms with Gasteiger partial charge >= 0.3 is 0 Å². The van der Waals surface area contributed by atoms with Crippen LogP contribution in [0.15, 0.2) is 5.16 Å². The second-order valence-corrected chi connectivity index (χ2v) is 8.51. The molecular formula is C16H28N6O2S. The summed E-state index contributed by atoms with van der Waals surface area (Å²) in [4.78, 5) is 30.7. The van der Waals surface area contributed by atoms with Crippen LogP contribution in [0, 0.1) is 12.3 Å². The molecule has 0 aliphatic carbocycles. The largest absolute Gasteiger partial charge is 0.355 e. The van der Waals surface area contributed by atoms with Gasteiger partial charge in [-0.25, -0.2) is 4.98 Å². The molecule has 8 nitrogen and oxygen atoms in total. The van der Waals surface area contributed by atoms with Crippen LogP contribution in [0.25, 0.3) is 0 Å². The molecule has 1 fully saturated rings. The number of amides is 2. The Hall–Kier alpha value is -1.61. The summed E-state index contributed by atoms with van der Waals surface area (Å²) in [6.07, 6.45) is 0.187. The minimum absolute atomic E-state index is 0.0591. The zero-order valence-electron chi connectivity index (χ0n) is 15.4. The van der Waals surface area contributed by atoms with Gasteiger partial charge in [-0.05, 0) is 12.3 Å². The van der Waals surface area contributed by atoms with Gasteiger partial charge in [0.25, 0.3) is 0 Å². The number of carbonyl (C=O) groups is 2. The predicted octanol–water partition coefficient (Wildman–Crippen LogP) is 0.558. The van der Waals surface area contributed by atoms with Crippen LogP contribution in [-0.2, 0) is 9.59 Å². The molecule has 9 heteroatoms. The molecule has 25 heavy (non-hydrogen) atoms. The van der Waals surface area contributed by atoms with Crippen molar-refractivity contribution in [3.05, 3.63) is 5.82 Å². The molecule has 1 aromatic heterocycles. The normalized spacial score (nSPS) is 18.9. The average molecular weight is 369 g/mol. The molecular weight excluding hydrogens is 340 g/mol. The first-order valence-corrected chi connectivity index (χ1v) is 9.53. The second kappa shape index (κ2) is 8.66. The number of hydrogen-bond acceptors (Lipinski definition) is 6. The number of nitrogens with one attached hydrogen (secondary N) is 3. The van der Waals surface area contributed by atoms with Gasteiger partial charge < -0.3 is 10.6 Å². The van der Waals surface area contributed by atoms with Crippen molar-refractivity contribution in [3.8, 4) is 0 Å². The van der Waals surface area contributed by atoms with Gasteiger partial charge in [-0.1, -0.05) is 32.5 Å². The Balaban J connectivity index is 1.77. The van der Waals surface area contributed by atoms with E-state index in [9.17, 15) is 9.59 Å². The summed E-state index contributed by atoms with van der Waals surface area (Å²) in [7, 11) is 0. The molecule has 1 unspecified atom stereocenters. The van der Waals surface area contributed by atoms with Crippen LogP contribution in [0.1, 0.15) is 33.0 Å². The first-order valence-electron chi connectivity index (χ1n) is 8.55. The summed E-state index contributed by atoms with van der Waals surface area (Å²) in [5.41, 5.74) is 0.0810. The fraction of sp³-hybridized carbons (Fsp3) is 0.750. The Kier molecular flexibility index (Phi) is 6.83. The maximum atomic E-state index is 12.2. The number of carbonyl (C=O) groups excluding carboxylic acids is 2. The van der Waals surface area contributed by atoms with Crippen molar-refractivity contribution >= 4 is 23.6 Å². The molecule has 1 aliphatic rings. The van der Waals surface area contributed by atoms with E-state index in [1.165, 1.54) is 11.8 Å². The molecule has 0 aromatic carbocycles. The van der Waals surface area contributed by atoms with E-state index < -0.39 is 6.04 Å². The lowest BCUT2D eigenvalue weighted by Gasteiger charge is -2.38. The van der Waals surface area contributed by atoms with E-state index in [1.807, 2.05) is 6.92 Å². The highest BCUT2D eigenvalue weighted by Gasteiger charge is 2.33. The minimum Gasteiger partial charge on any atom is -0.355 e. The number of H-pyrrole nitrogens is 1. The minimum atomic E-state index is -0.392. The van der Waals surface area contributed by atoms with Crippen LogP contribution in [0.5, 0.6) is 0 Å². The lowest BCUT2D eigenvalue weighted by Crippen LogP contribution is -2.58. The van der Waals surface area contributed by atoms with Crippen molar-refractivity contribution in [2.75, 3.05) is 31.9 Å². The summed E-state index contributed by atoms with van der Waals surface area (Å²) in [6.45, 7) is 11.0. The quantitative estimate of drug-likeness (QED) is 0.480. The van der Waals surface area contributed by atoms with E-state index in [0.29, 0.717) is 24.0 Å². The fourth-order valence-electron chi connectivity index (χ4n) is 2.75.